The Labute approximate surface area is 146 Å². The van der Waals surface area contributed by atoms with Crippen molar-refractivity contribution in [1.82, 2.24) is 4.57 Å². The van der Waals surface area contributed by atoms with Crippen LogP contribution in [0.3, 0.4) is 0 Å². The second kappa shape index (κ2) is 7.36. The van der Waals surface area contributed by atoms with E-state index in [0.717, 1.165) is 10.9 Å². The summed E-state index contributed by atoms with van der Waals surface area (Å²) < 4.78 is 11.4. The van der Waals surface area contributed by atoms with E-state index in [2.05, 4.69) is 10.9 Å². The minimum Gasteiger partial charge on any atom is -0.467 e. The number of rotatable bonds is 4. The standard InChI is InChI=1S/C19H22N2O4/c1-19(2,3)20-12-14(17(22)24-4)16(18(23)25-5)21-11-10-13-8-6-7-9-15(13)21/h6-11,16H,1-5H3. The summed E-state index contributed by atoms with van der Waals surface area (Å²) in [6.07, 6.45) is 1.73. The third kappa shape index (κ3) is 4.17. The van der Waals surface area contributed by atoms with E-state index in [-0.39, 0.29) is 5.57 Å². The SMILES string of the molecule is COC(=O)C(=C=NC(C)(C)C)C(C(=O)OC)n1ccc2ccccc21. The van der Waals surface area contributed by atoms with E-state index < -0.39 is 23.5 Å². The molecule has 0 fully saturated rings. The molecular formula is C19H22N2O4. The molecule has 1 heterocycles. The number of benzene rings is 1. The third-order valence-electron chi connectivity index (χ3n) is 3.52. The number of hydrogen-bond acceptors (Lipinski definition) is 5. The summed E-state index contributed by atoms with van der Waals surface area (Å²) in [6.45, 7) is 5.60. The van der Waals surface area contributed by atoms with Crippen molar-refractivity contribution in [3.8, 4) is 0 Å². The van der Waals surface area contributed by atoms with Gasteiger partial charge in [-0.25, -0.2) is 14.6 Å². The number of methoxy groups -OCH3 is 2. The van der Waals surface area contributed by atoms with Crippen molar-refractivity contribution in [3.05, 3.63) is 42.1 Å². The summed E-state index contributed by atoms with van der Waals surface area (Å²) in [5.41, 5.74) is 0.320. The quantitative estimate of drug-likeness (QED) is 0.487. The minimum absolute atomic E-state index is 0.00868. The van der Waals surface area contributed by atoms with Crippen molar-refractivity contribution in [1.29, 1.82) is 0 Å². The minimum atomic E-state index is -1.04. The lowest BCUT2D eigenvalue weighted by Crippen LogP contribution is -2.27. The fourth-order valence-electron chi connectivity index (χ4n) is 2.37. The summed E-state index contributed by atoms with van der Waals surface area (Å²) >= 11 is 0. The van der Waals surface area contributed by atoms with Gasteiger partial charge in [0, 0.05) is 11.7 Å². The molecule has 0 radical (unpaired) electrons. The maximum atomic E-state index is 12.5. The summed E-state index contributed by atoms with van der Waals surface area (Å²) in [6, 6.07) is 8.37. The van der Waals surface area contributed by atoms with Crippen LogP contribution in [0.2, 0.25) is 0 Å². The monoisotopic (exact) mass is 342 g/mol. The van der Waals surface area contributed by atoms with Crippen LogP contribution in [-0.2, 0) is 19.1 Å². The molecule has 1 unspecified atom stereocenters. The summed E-state index contributed by atoms with van der Waals surface area (Å²) in [5.74, 6) is 1.45. The summed E-state index contributed by atoms with van der Waals surface area (Å²) in [5, 5.41) is 0.938. The number of hydrogen-bond donors (Lipinski definition) is 0. The number of aromatic nitrogens is 1. The molecule has 2 aromatic rings. The van der Waals surface area contributed by atoms with Crippen molar-refractivity contribution in [2.24, 2.45) is 4.99 Å². The van der Waals surface area contributed by atoms with Gasteiger partial charge >= 0.3 is 11.9 Å². The molecule has 0 aliphatic rings. The maximum Gasteiger partial charge on any atom is 0.346 e. The Morgan fingerprint density at radius 3 is 2.40 bits per heavy atom. The van der Waals surface area contributed by atoms with Crippen LogP contribution >= 0.6 is 0 Å². The summed E-state index contributed by atoms with van der Waals surface area (Å²) in [4.78, 5) is 29.1. The molecule has 0 bridgehead atoms. The van der Waals surface area contributed by atoms with Crippen molar-refractivity contribution in [2.45, 2.75) is 32.4 Å². The average molecular weight is 342 g/mol. The van der Waals surface area contributed by atoms with Gasteiger partial charge in [-0.3, -0.25) is 0 Å². The second-order valence-electron chi connectivity index (χ2n) is 6.51. The highest BCUT2D eigenvalue weighted by Gasteiger charge is 2.32. The van der Waals surface area contributed by atoms with Gasteiger partial charge < -0.3 is 14.0 Å². The lowest BCUT2D eigenvalue weighted by atomic mass is 10.1. The highest BCUT2D eigenvalue weighted by Crippen LogP contribution is 2.26. The first-order valence-corrected chi connectivity index (χ1v) is 7.85. The van der Waals surface area contributed by atoms with Gasteiger partial charge in [-0.05, 0) is 44.2 Å². The number of para-hydroxylation sites is 1. The molecule has 1 atom stereocenters. The number of nitrogens with zero attached hydrogens (tertiary/aromatic N) is 2. The van der Waals surface area contributed by atoms with Gasteiger partial charge in [0.1, 0.15) is 5.57 Å². The van der Waals surface area contributed by atoms with Gasteiger partial charge in [0.25, 0.3) is 0 Å². The topological polar surface area (TPSA) is 69.9 Å². The lowest BCUT2D eigenvalue weighted by molar-refractivity contribution is -0.146. The van der Waals surface area contributed by atoms with E-state index in [0.29, 0.717) is 0 Å². The number of carbonyl (C=O) groups excluding carboxylic acids is 2. The fourth-order valence-corrected chi connectivity index (χ4v) is 2.37. The Morgan fingerprint density at radius 1 is 1.12 bits per heavy atom. The van der Waals surface area contributed by atoms with Crippen LogP contribution in [0.4, 0.5) is 0 Å². The molecule has 2 rings (SSSR count). The number of ether oxygens (including phenoxy) is 2. The largest absolute Gasteiger partial charge is 0.467 e. The van der Waals surface area contributed by atoms with Crippen molar-refractivity contribution in [3.63, 3.8) is 0 Å². The zero-order valence-electron chi connectivity index (χ0n) is 15.1. The molecule has 0 N–H and O–H groups in total. The van der Waals surface area contributed by atoms with Crippen LogP contribution in [-0.4, -0.2) is 42.1 Å². The smallest absolute Gasteiger partial charge is 0.346 e. The van der Waals surface area contributed by atoms with Gasteiger partial charge in [0.2, 0.25) is 0 Å². The van der Waals surface area contributed by atoms with E-state index >= 15 is 0 Å². The molecule has 1 aromatic carbocycles. The molecule has 132 valence electrons. The van der Waals surface area contributed by atoms with Crippen LogP contribution < -0.4 is 0 Å². The Balaban J connectivity index is 2.71. The first-order chi connectivity index (χ1) is 11.8. The van der Waals surface area contributed by atoms with Gasteiger partial charge in [0.05, 0.1) is 19.8 Å². The van der Waals surface area contributed by atoms with Crippen molar-refractivity contribution in [2.75, 3.05) is 14.2 Å². The number of fused-ring (bicyclic) bond motifs is 1. The van der Waals surface area contributed by atoms with Gasteiger partial charge in [-0.1, -0.05) is 18.2 Å². The molecule has 0 saturated carbocycles. The normalized spacial score (nSPS) is 12.2. The molecule has 6 nitrogen and oxygen atoms in total. The number of aliphatic imine (C=N–C) groups is 1. The van der Waals surface area contributed by atoms with Crippen molar-refractivity contribution < 1.29 is 19.1 Å². The van der Waals surface area contributed by atoms with Gasteiger partial charge in [-0.2, -0.15) is 0 Å². The predicted molar refractivity (Wildman–Crippen MR) is 95.7 cm³/mol. The fraction of sp³-hybridized carbons (Fsp3) is 0.368. The number of carbonyl (C=O) groups is 2. The molecule has 25 heavy (non-hydrogen) atoms. The molecule has 6 heteroatoms. The predicted octanol–water partition coefficient (Wildman–Crippen LogP) is 2.92. The lowest BCUT2D eigenvalue weighted by Gasteiger charge is -2.18. The number of esters is 2. The van der Waals surface area contributed by atoms with Crippen LogP contribution in [0, 0.1) is 0 Å². The zero-order valence-corrected chi connectivity index (χ0v) is 15.1. The first-order valence-electron chi connectivity index (χ1n) is 7.85. The van der Waals surface area contributed by atoms with Crippen molar-refractivity contribution >= 4 is 28.7 Å². The molecule has 0 spiro atoms. The van der Waals surface area contributed by atoms with Gasteiger partial charge in [0.15, 0.2) is 6.04 Å². The Kier molecular flexibility index (Phi) is 5.45. The maximum absolute atomic E-state index is 12.5. The first kappa shape index (κ1) is 18.5. The van der Waals surface area contributed by atoms with Gasteiger partial charge in [-0.15, -0.1) is 0 Å². The molecule has 0 saturated heterocycles. The second-order valence-corrected chi connectivity index (χ2v) is 6.51. The Morgan fingerprint density at radius 2 is 1.80 bits per heavy atom. The molecule has 1 aromatic heterocycles. The zero-order chi connectivity index (χ0) is 18.6. The average Bonchev–Trinajstić information content (AvgIpc) is 3.00. The highest BCUT2D eigenvalue weighted by atomic mass is 16.5. The Bertz CT molecular complexity index is 852. The molecule has 0 aliphatic carbocycles. The summed E-state index contributed by atoms with van der Waals surface area (Å²) in [7, 11) is 2.53. The Hall–Kier alpha value is -2.85. The molecule has 0 amide bonds. The third-order valence-corrected chi connectivity index (χ3v) is 3.52. The molecule has 0 aliphatic heterocycles. The van der Waals surface area contributed by atoms with E-state index in [1.807, 2.05) is 51.1 Å². The van der Waals surface area contributed by atoms with E-state index in [1.54, 1.807) is 10.8 Å². The van der Waals surface area contributed by atoms with E-state index in [1.165, 1.54) is 14.2 Å². The van der Waals surface area contributed by atoms with Crippen LogP contribution in [0.15, 0.2) is 47.1 Å². The van der Waals surface area contributed by atoms with Crippen LogP contribution in [0.5, 0.6) is 0 Å². The highest BCUT2D eigenvalue weighted by molar-refractivity contribution is 6.04. The molecular weight excluding hydrogens is 320 g/mol. The van der Waals surface area contributed by atoms with Crippen LogP contribution in [0.1, 0.15) is 26.8 Å². The van der Waals surface area contributed by atoms with E-state index in [4.69, 9.17) is 9.47 Å². The van der Waals surface area contributed by atoms with Crippen LogP contribution in [0.25, 0.3) is 10.9 Å². The van der Waals surface area contributed by atoms with E-state index in [9.17, 15) is 9.59 Å².